The summed E-state index contributed by atoms with van der Waals surface area (Å²) < 4.78 is 32.2. The standard InChI is InChI=1S/C23H23F2NO3/c24-20-10-9-16(13-21(20)25)22(27)17-11-18-7-4-8-19(12-17)26(18)23(28)29-14-15-5-2-1-3-6-15/h1-3,5-6,9-10,13,17-19H,4,7-8,11-12,14H2. The van der Waals surface area contributed by atoms with E-state index in [0.29, 0.717) is 12.8 Å². The fraction of sp³-hybridized carbons (Fsp3) is 0.391. The average Bonchev–Trinajstić information content (AvgIpc) is 2.73. The van der Waals surface area contributed by atoms with E-state index in [1.165, 1.54) is 6.07 Å². The number of rotatable bonds is 4. The number of carbonyl (C=O) groups excluding carboxylic acids is 2. The molecule has 2 aromatic carbocycles. The van der Waals surface area contributed by atoms with Crippen LogP contribution in [0.2, 0.25) is 0 Å². The fourth-order valence-corrected chi connectivity index (χ4v) is 4.57. The number of hydrogen-bond acceptors (Lipinski definition) is 3. The Balaban J connectivity index is 1.43. The maximum atomic E-state index is 13.5. The monoisotopic (exact) mass is 399 g/mol. The maximum Gasteiger partial charge on any atom is 0.410 e. The summed E-state index contributed by atoms with van der Waals surface area (Å²) in [5.74, 6) is -2.46. The zero-order valence-electron chi connectivity index (χ0n) is 16.0. The second-order valence-electron chi connectivity index (χ2n) is 7.85. The summed E-state index contributed by atoms with van der Waals surface area (Å²) >= 11 is 0. The van der Waals surface area contributed by atoms with E-state index in [1.807, 2.05) is 30.3 Å². The lowest BCUT2D eigenvalue weighted by molar-refractivity contribution is 0.00472. The molecule has 0 aromatic heterocycles. The summed E-state index contributed by atoms with van der Waals surface area (Å²) in [5, 5.41) is 0. The highest BCUT2D eigenvalue weighted by molar-refractivity contribution is 5.98. The lowest BCUT2D eigenvalue weighted by Crippen LogP contribution is -2.55. The molecule has 6 heteroatoms. The zero-order chi connectivity index (χ0) is 20.4. The minimum Gasteiger partial charge on any atom is -0.445 e. The van der Waals surface area contributed by atoms with E-state index in [0.717, 1.165) is 37.0 Å². The van der Waals surface area contributed by atoms with E-state index in [9.17, 15) is 18.4 Å². The highest BCUT2D eigenvalue weighted by Crippen LogP contribution is 2.39. The van der Waals surface area contributed by atoms with Crippen LogP contribution >= 0.6 is 0 Å². The van der Waals surface area contributed by atoms with Gasteiger partial charge < -0.3 is 9.64 Å². The Morgan fingerprint density at radius 2 is 1.66 bits per heavy atom. The number of carbonyl (C=O) groups is 2. The van der Waals surface area contributed by atoms with E-state index in [-0.39, 0.29) is 42.0 Å². The van der Waals surface area contributed by atoms with Crippen molar-refractivity contribution in [1.82, 2.24) is 4.90 Å². The largest absolute Gasteiger partial charge is 0.445 e. The van der Waals surface area contributed by atoms with Crippen molar-refractivity contribution in [2.45, 2.75) is 50.8 Å². The van der Waals surface area contributed by atoms with Gasteiger partial charge in [0.05, 0.1) is 0 Å². The maximum absolute atomic E-state index is 13.5. The van der Waals surface area contributed by atoms with Crippen LogP contribution in [0, 0.1) is 17.6 Å². The number of benzene rings is 2. The molecule has 2 aliphatic heterocycles. The molecule has 2 aliphatic rings. The van der Waals surface area contributed by atoms with Gasteiger partial charge in [-0.25, -0.2) is 13.6 Å². The van der Waals surface area contributed by atoms with Crippen LogP contribution in [-0.2, 0) is 11.3 Å². The van der Waals surface area contributed by atoms with Crippen molar-refractivity contribution in [2.24, 2.45) is 5.92 Å². The fourth-order valence-electron chi connectivity index (χ4n) is 4.57. The molecule has 4 nitrogen and oxygen atoms in total. The Kier molecular flexibility index (Phi) is 5.60. The van der Waals surface area contributed by atoms with E-state index >= 15 is 0 Å². The molecule has 0 aliphatic carbocycles. The van der Waals surface area contributed by atoms with Crippen LogP contribution in [-0.4, -0.2) is 28.9 Å². The molecule has 2 aromatic rings. The topological polar surface area (TPSA) is 46.6 Å². The molecule has 0 radical (unpaired) electrons. The van der Waals surface area contributed by atoms with Gasteiger partial charge in [-0.3, -0.25) is 4.79 Å². The van der Waals surface area contributed by atoms with Crippen molar-refractivity contribution in [3.63, 3.8) is 0 Å². The highest BCUT2D eigenvalue weighted by atomic mass is 19.2. The third-order valence-electron chi connectivity index (χ3n) is 5.97. The lowest BCUT2D eigenvalue weighted by atomic mass is 9.76. The second kappa shape index (κ2) is 8.31. The second-order valence-corrected chi connectivity index (χ2v) is 7.85. The normalized spacial score (nSPS) is 23.5. The Hall–Kier alpha value is -2.76. The van der Waals surface area contributed by atoms with Crippen molar-refractivity contribution in [3.8, 4) is 0 Å². The number of nitrogens with zero attached hydrogens (tertiary/aromatic N) is 1. The van der Waals surface area contributed by atoms with Gasteiger partial charge in [-0.15, -0.1) is 0 Å². The first-order valence-corrected chi connectivity index (χ1v) is 10.0. The number of ketones is 1. The van der Waals surface area contributed by atoms with Gasteiger partial charge >= 0.3 is 6.09 Å². The van der Waals surface area contributed by atoms with Gasteiger partial charge in [-0.05, 0) is 55.9 Å². The Morgan fingerprint density at radius 3 is 2.31 bits per heavy atom. The Bertz CT molecular complexity index is 888. The van der Waals surface area contributed by atoms with Crippen LogP contribution in [0.15, 0.2) is 48.5 Å². The van der Waals surface area contributed by atoms with E-state index in [4.69, 9.17) is 4.74 Å². The van der Waals surface area contributed by atoms with Gasteiger partial charge in [0.15, 0.2) is 17.4 Å². The van der Waals surface area contributed by atoms with Crippen LogP contribution in [0.5, 0.6) is 0 Å². The first kappa shape index (κ1) is 19.6. The predicted molar refractivity (Wildman–Crippen MR) is 103 cm³/mol. The average molecular weight is 399 g/mol. The molecule has 2 saturated heterocycles. The third-order valence-corrected chi connectivity index (χ3v) is 5.97. The minimum atomic E-state index is -1.02. The van der Waals surface area contributed by atoms with Crippen molar-refractivity contribution in [1.29, 1.82) is 0 Å². The molecule has 152 valence electrons. The van der Waals surface area contributed by atoms with Gasteiger partial charge in [0, 0.05) is 23.6 Å². The predicted octanol–water partition coefficient (Wildman–Crippen LogP) is 5.12. The number of fused-ring (bicyclic) bond motifs is 2. The van der Waals surface area contributed by atoms with Crippen LogP contribution in [0.25, 0.3) is 0 Å². The summed E-state index contributed by atoms with van der Waals surface area (Å²) in [6.45, 7) is 0.215. The van der Waals surface area contributed by atoms with Gasteiger partial charge in [-0.2, -0.15) is 0 Å². The van der Waals surface area contributed by atoms with Crippen LogP contribution in [0.3, 0.4) is 0 Å². The molecule has 2 heterocycles. The quantitative estimate of drug-likeness (QED) is 0.671. The van der Waals surface area contributed by atoms with Crippen molar-refractivity contribution in [3.05, 3.63) is 71.3 Å². The summed E-state index contributed by atoms with van der Waals surface area (Å²) in [6, 6.07) is 12.7. The van der Waals surface area contributed by atoms with E-state index in [1.54, 1.807) is 4.90 Å². The van der Waals surface area contributed by atoms with Gasteiger partial charge in [-0.1, -0.05) is 30.3 Å². The molecule has 2 atom stereocenters. The van der Waals surface area contributed by atoms with E-state index in [2.05, 4.69) is 0 Å². The number of ether oxygens (including phenoxy) is 1. The smallest absolute Gasteiger partial charge is 0.410 e. The van der Waals surface area contributed by atoms with Gasteiger partial charge in [0.2, 0.25) is 0 Å². The van der Waals surface area contributed by atoms with E-state index < -0.39 is 11.6 Å². The first-order valence-electron chi connectivity index (χ1n) is 10.0. The highest BCUT2D eigenvalue weighted by Gasteiger charge is 2.43. The molecule has 2 unspecified atom stereocenters. The number of piperidine rings is 2. The molecular weight excluding hydrogens is 376 g/mol. The summed E-state index contributed by atoms with van der Waals surface area (Å²) in [7, 11) is 0. The number of hydrogen-bond donors (Lipinski definition) is 0. The molecule has 0 saturated carbocycles. The number of amides is 1. The van der Waals surface area contributed by atoms with Crippen molar-refractivity contribution in [2.75, 3.05) is 0 Å². The molecule has 4 rings (SSSR count). The molecule has 1 amide bonds. The van der Waals surface area contributed by atoms with Crippen LogP contribution in [0.1, 0.15) is 48.0 Å². The molecule has 2 fully saturated rings. The molecule has 2 bridgehead atoms. The molecular formula is C23H23F2NO3. The summed E-state index contributed by atoms with van der Waals surface area (Å²) in [5.41, 5.74) is 1.11. The molecule has 0 N–H and O–H groups in total. The first-order chi connectivity index (χ1) is 14.0. The summed E-state index contributed by atoms with van der Waals surface area (Å²) in [4.78, 5) is 27.4. The zero-order valence-corrected chi connectivity index (χ0v) is 16.0. The molecule has 29 heavy (non-hydrogen) atoms. The SMILES string of the molecule is O=C(c1ccc(F)c(F)c1)C1CC2CCCC(C1)N2C(=O)OCc1ccccc1. The lowest BCUT2D eigenvalue weighted by Gasteiger charge is -2.47. The van der Waals surface area contributed by atoms with Crippen molar-refractivity contribution < 1.29 is 23.1 Å². The Labute approximate surface area is 168 Å². The summed E-state index contributed by atoms with van der Waals surface area (Å²) in [6.07, 6.45) is 3.34. The van der Waals surface area contributed by atoms with Crippen LogP contribution in [0.4, 0.5) is 13.6 Å². The van der Waals surface area contributed by atoms with Gasteiger partial charge in [0.1, 0.15) is 6.61 Å². The number of halogens is 2. The number of Topliss-reactive ketones (excluding diaryl/α,β-unsaturated/α-hetero) is 1. The van der Waals surface area contributed by atoms with Crippen molar-refractivity contribution >= 4 is 11.9 Å². The third kappa shape index (κ3) is 4.16. The van der Waals surface area contributed by atoms with Gasteiger partial charge in [0.25, 0.3) is 0 Å². The molecule has 0 spiro atoms. The Morgan fingerprint density at radius 1 is 0.966 bits per heavy atom. The van der Waals surface area contributed by atoms with Crippen LogP contribution < -0.4 is 0 Å². The minimum absolute atomic E-state index is 0.0648.